The smallest absolute Gasteiger partial charge is 0.251 e. The number of fused-ring (bicyclic) bond motifs is 1. The van der Waals surface area contributed by atoms with Gasteiger partial charge in [0.25, 0.3) is 5.91 Å². The second-order valence-corrected chi connectivity index (χ2v) is 8.69. The van der Waals surface area contributed by atoms with Gasteiger partial charge in [-0.25, -0.2) is 4.99 Å². The summed E-state index contributed by atoms with van der Waals surface area (Å²) in [6, 6.07) is 16.2. The first-order valence-corrected chi connectivity index (χ1v) is 11.8. The van der Waals surface area contributed by atoms with E-state index in [4.69, 9.17) is 9.73 Å². The van der Waals surface area contributed by atoms with E-state index in [0.717, 1.165) is 43.1 Å². The Balaban J connectivity index is 0.00000306. The zero-order valence-corrected chi connectivity index (χ0v) is 21.9. The first-order chi connectivity index (χ1) is 15.6. The molecule has 1 spiro atoms. The monoisotopic (exact) mass is 562 g/mol. The maximum Gasteiger partial charge on any atom is 0.251 e. The maximum atomic E-state index is 12.2. The number of para-hydroxylation sites is 1. The molecule has 0 radical (unpaired) electrons. The van der Waals surface area contributed by atoms with Gasteiger partial charge in [0.15, 0.2) is 5.96 Å². The van der Waals surface area contributed by atoms with Gasteiger partial charge in [-0.1, -0.05) is 30.3 Å². The third-order valence-electron chi connectivity index (χ3n) is 6.31. The standard InChI is InChI=1S/C26H34N4O2.HI/c1-3-27-24(31)20-11-9-10-19(16-20)18-29-25(28-4-2)30-22-17-26(14-7-8-15-26)32-23-13-6-5-12-21(22)23;/h5-6,9-13,16,22H,3-4,7-8,14-15,17-18H2,1-2H3,(H,27,31)(H2,28,29,30);1H. The molecule has 1 saturated carbocycles. The first-order valence-electron chi connectivity index (χ1n) is 11.8. The van der Waals surface area contributed by atoms with Crippen LogP contribution in [-0.4, -0.2) is 30.6 Å². The summed E-state index contributed by atoms with van der Waals surface area (Å²) in [4.78, 5) is 17.0. The SMILES string of the molecule is CCNC(=O)c1cccc(CN=C(NCC)NC2CC3(CCCC3)Oc3ccccc32)c1.I. The molecular formula is C26H35IN4O2. The summed E-state index contributed by atoms with van der Waals surface area (Å²) >= 11 is 0. The summed E-state index contributed by atoms with van der Waals surface area (Å²) < 4.78 is 6.50. The van der Waals surface area contributed by atoms with Gasteiger partial charge in [0.2, 0.25) is 0 Å². The van der Waals surface area contributed by atoms with E-state index >= 15 is 0 Å². The molecule has 7 heteroatoms. The molecule has 1 fully saturated rings. The van der Waals surface area contributed by atoms with Crippen molar-refractivity contribution < 1.29 is 9.53 Å². The van der Waals surface area contributed by atoms with Crippen LogP contribution in [0.25, 0.3) is 0 Å². The number of halogens is 1. The van der Waals surface area contributed by atoms with Crippen LogP contribution in [0.5, 0.6) is 5.75 Å². The number of nitrogens with zero attached hydrogens (tertiary/aromatic N) is 1. The van der Waals surface area contributed by atoms with Crippen LogP contribution in [0, 0.1) is 0 Å². The van der Waals surface area contributed by atoms with Gasteiger partial charge >= 0.3 is 0 Å². The van der Waals surface area contributed by atoms with Crippen molar-refractivity contribution in [2.45, 2.75) is 64.1 Å². The summed E-state index contributed by atoms with van der Waals surface area (Å²) in [5, 5.41) is 9.91. The maximum absolute atomic E-state index is 12.2. The lowest BCUT2D eigenvalue weighted by atomic mass is 9.86. The highest BCUT2D eigenvalue weighted by atomic mass is 127. The molecule has 178 valence electrons. The van der Waals surface area contributed by atoms with Crippen LogP contribution in [0.1, 0.15) is 73.5 Å². The Labute approximate surface area is 214 Å². The molecule has 1 aliphatic heterocycles. The topological polar surface area (TPSA) is 74.8 Å². The minimum absolute atomic E-state index is 0. The van der Waals surface area contributed by atoms with Crippen LogP contribution in [-0.2, 0) is 6.54 Å². The average molecular weight is 562 g/mol. The normalized spacial score (nSPS) is 18.6. The van der Waals surface area contributed by atoms with E-state index in [9.17, 15) is 4.79 Å². The summed E-state index contributed by atoms with van der Waals surface area (Å²) in [6.45, 7) is 5.89. The lowest BCUT2D eigenvalue weighted by Gasteiger charge is -2.40. The van der Waals surface area contributed by atoms with Crippen LogP contribution in [0.4, 0.5) is 0 Å². The summed E-state index contributed by atoms with van der Waals surface area (Å²) in [7, 11) is 0. The minimum Gasteiger partial charge on any atom is -0.487 e. The number of carbonyl (C=O) groups excluding carboxylic acids is 1. The number of hydrogen-bond donors (Lipinski definition) is 3. The van der Waals surface area contributed by atoms with Crippen molar-refractivity contribution in [3.8, 4) is 5.75 Å². The molecule has 0 saturated heterocycles. The molecule has 0 bridgehead atoms. The van der Waals surface area contributed by atoms with Crippen LogP contribution < -0.4 is 20.7 Å². The fourth-order valence-electron chi connectivity index (χ4n) is 4.80. The van der Waals surface area contributed by atoms with Gasteiger partial charge in [-0.05, 0) is 63.3 Å². The molecule has 2 aromatic carbocycles. The summed E-state index contributed by atoms with van der Waals surface area (Å²) in [5.74, 6) is 1.72. The van der Waals surface area contributed by atoms with Crippen LogP contribution in [0.3, 0.4) is 0 Å². The minimum atomic E-state index is -0.0652. The van der Waals surface area contributed by atoms with Crippen LogP contribution in [0.2, 0.25) is 0 Å². The van der Waals surface area contributed by atoms with Gasteiger partial charge in [-0.15, -0.1) is 24.0 Å². The van der Waals surface area contributed by atoms with Gasteiger partial charge in [0.1, 0.15) is 11.4 Å². The largest absolute Gasteiger partial charge is 0.487 e. The van der Waals surface area contributed by atoms with Crippen molar-refractivity contribution in [1.82, 2.24) is 16.0 Å². The Hall–Kier alpha value is -2.29. The number of hydrogen-bond acceptors (Lipinski definition) is 3. The van der Waals surface area contributed by atoms with Crippen molar-refractivity contribution in [3.05, 3.63) is 65.2 Å². The predicted octanol–water partition coefficient (Wildman–Crippen LogP) is 4.95. The van der Waals surface area contributed by atoms with Crippen molar-refractivity contribution in [3.63, 3.8) is 0 Å². The highest BCUT2D eigenvalue weighted by molar-refractivity contribution is 14.0. The zero-order valence-electron chi connectivity index (χ0n) is 19.5. The van der Waals surface area contributed by atoms with E-state index in [1.807, 2.05) is 37.3 Å². The number of benzene rings is 2. The summed E-state index contributed by atoms with van der Waals surface area (Å²) in [5.41, 5.74) is 2.79. The molecule has 3 N–H and O–H groups in total. The van der Waals surface area contributed by atoms with Gasteiger partial charge in [-0.2, -0.15) is 0 Å². The molecule has 2 aliphatic rings. The fraction of sp³-hybridized carbons (Fsp3) is 0.462. The third-order valence-corrected chi connectivity index (χ3v) is 6.31. The molecule has 1 heterocycles. The average Bonchev–Trinajstić information content (AvgIpc) is 3.25. The zero-order chi connectivity index (χ0) is 22.4. The second kappa shape index (κ2) is 11.7. The van der Waals surface area contributed by atoms with Gasteiger partial charge in [-0.3, -0.25) is 4.79 Å². The number of aliphatic imine (C=N–C) groups is 1. The number of nitrogens with one attached hydrogen (secondary N) is 3. The lowest BCUT2D eigenvalue weighted by Crippen LogP contribution is -2.46. The van der Waals surface area contributed by atoms with E-state index in [1.165, 1.54) is 18.4 Å². The van der Waals surface area contributed by atoms with Gasteiger partial charge in [0.05, 0.1) is 12.6 Å². The quantitative estimate of drug-likeness (QED) is 0.265. The molecule has 33 heavy (non-hydrogen) atoms. The number of guanidine groups is 1. The number of carbonyl (C=O) groups is 1. The Morgan fingerprint density at radius 2 is 1.82 bits per heavy atom. The van der Waals surface area contributed by atoms with E-state index in [1.54, 1.807) is 0 Å². The van der Waals surface area contributed by atoms with Crippen LogP contribution >= 0.6 is 24.0 Å². The Morgan fingerprint density at radius 1 is 1.06 bits per heavy atom. The molecule has 1 unspecified atom stereocenters. The Morgan fingerprint density at radius 3 is 2.58 bits per heavy atom. The third kappa shape index (κ3) is 6.19. The van der Waals surface area contributed by atoms with E-state index in [0.29, 0.717) is 18.7 Å². The highest BCUT2D eigenvalue weighted by Crippen LogP contribution is 2.46. The molecule has 1 atom stereocenters. The van der Waals surface area contributed by atoms with E-state index in [2.05, 4.69) is 41.1 Å². The van der Waals surface area contributed by atoms with Crippen molar-refractivity contribution in [2.24, 2.45) is 4.99 Å². The molecular weight excluding hydrogens is 527 g/mol. The predicted molar refractivity (Wildman–Crippen MR) is 143 cm³/mol. The highest BCUT2D eigenvalue weighted by Gasteiger charge is 2.43. The number of ether oxygens (including phenoxy) is 1. The van der Waals surface area contributed by atoms with Gasteiger partial charge in [0, 0.05) is 30.6 Å². The number of rotatable bonds is 6. The molecule has 1 aliphatic carbocycles. The second-order valence-electron chi connectivity index (χ2n) is 8.69. The van der Waals surface area contributed by atoms with Crippen molar-refractivity contribution in [2.75, 3.05) is 13.1 Å². The lowest BCUT2D eigenvalue weighted by molar-refractivity contribution is 0.0396. The number of amides is 1. The van der Waals surface area contributed by atoms with Crippen molar-refractivity contribution in [1.29, 1.82) is 0 Å². The van der Waals surface area contributed by atoms with E-state index in [-0.39, 0.29) is 41.5 Å². The molecule has 2 aromatic rings. The Kier molecular flexibility index (Phi) is 9.00. The van der Waals surface area contributed by atoms with Gasteiger partial charge < -0.3 is 20.7 Å². The molecule has 1 amide bonds. The summed E-state index contributed by atoms with van der Waals surface area (Å²) in [6.07, 6.45) is 5.62. The van der Waals surface area contributed by atoms with E-state index < -0.39 is 0 Å². The van der Waals surface area contributed by atoms with Crippen LogP contribution in [0.15, 0.2) is 53.5 Å². The molecule has 0 aromatic heterocycles. The first kappa shape index (κ1) is 25.3. The Bertz CT molecular complexity index is 972. The molecule has 4 rings (SSSR count). The molecule has 6 nitrogen and oxygen atoms in total. The van der Waals surface area contributed by atoms with Crippen molar-refractivity contribution >= 4 is 35.8 Å². The fourth-order valence-corrected chi connectivity index (χ4v) is 4.80.